The van der Waals surface area contributed by atoms with Crippen molar-refractivity contribution < 1.29 is 13.6 Å². The van der Waals surface area contributed by atoms with Crippen molar-refractivity contribution in [2.45, 2.75) is 19.6 Å². The SMILES string of the molecule is O=C(NCc1ccccc1)N(Cc1ccc(F)cc1)Cc1coc2ccccc2c1=O. The first-order valence-corrected chi connectivity index (χ1v) is 9.91. The molecule has 0 spiro atoms. The van der Waals surface area contributed by atoms with E-state index in [0.29, 0.717) is 23.1 Å². The zero-order valence-electron chi connectivity index (χ0n) is 16.8. The van der Waals surface area contributed by atoms with Crippen LogP contribution in [0, 0.1) is 5.82 Å². The van der Waals surface area contributed by atoms with Gasteiger partial charge in [0.2, 0.25) is 0 Å². The summed E-state index contributed by atoms with van der Waals surface area (Å²) < 4.78 is 18.9. The van der Waals surface area contributed by atoms with Crippen molar-refractivity contribution in [3.63, 3.8) is 0 Å². The molecule has 0 radical (unpaired) electrons. The third-order valence-electron chi connectivity index (χ3n) is 4.97. The minimum Gasteiger partial charge on any atom is -0.464 e. The number of nitrogens with one attached hydrogen (secondary N) is 1. The number of carbonyl (C=O) groups is 1. The molecule has 31 heavy (non-hydrogen) atoms. The van der Waals surface area contributed by atoms with E-state index in [4.69, 9.17) is 4.42 Å². The van der Waals surface area contributed by atoms with Gasteiger partial charge in [-0.05, 0) is 35.4 Å². The number of hydrogen-bond donors (Lipinski definition) is 1. The molecule has 3 aromatic carbocycles. The van der Waals surface area contributed by atoms with Gasteiger partial charge in [0, 0.05) is 13.1 Å². The molecule has 0 bridgehead atoms. The number of amides is 2. The molecule has 0 saturated heterocycles. The van der Waals surface area contributed by atoms with Gasteiger partial charge in [0.05, 0.1) is 23.8 Å². The Bertz CT molecular complexity index is 1240. The first kappa shape index (κ1) is 20.3. The van der Waals surface area contributed by atoms with Crippen molar-refractivity contribution in [2.24, 2.45) is 0 Å². The maximum Gasteiger partial charge on any atom is 0.318 e. The highest BCUT2D eigenvalue weighted by Gasteiger charge is 2.17. The molecule has 1 aromatic heterocycles. The predicted octanol–water partition coefficient (Wildman–Crippen LogP) is 4.84. The quantitative estimate of drug-likeness (QED) is 0.489. The highest BCUT2D eigenvalue weighted by molar-refractivity contribution is 5.77. The van der Waals surface area contributed by atoms with Crippen LogP contribution >= 0.6 is 0 Å². The molecule has 0 unspecified atom stereocenters. The van der Waals surface area contributed by atoms with Gasteiger partial charge in [-0.2, -0.15) is 0 Å². The summed E-state index contributed by atoms with van der Waals surface area (Å²) >= 11 is 0. The Balaban J connectivity index is 1.58. The van der Waals surface area contributed by atoms with Crippen molar-refractivity contribution in [1.29, 1.82) is 0 Å². The maximum atomic E-state index is 13.3. The van der Waals surface area contributed by atoms with Crippen molar-refractivity contribution in [2.75, 3.05) is 0 Å². The molecule has 0 fully saturated rings. The van der Waals surface area contributed by atoms with E-state index in [-0.39, 0.29) is 30.4 Å². The van der Waals surface area contributed by atoms with Crippen LogP contribution in [0.2, 0.25) is 0 Å². The maximum absolute atomic E-state index is 13.3. The number of hydrogen-bond acceptors (Lipinski definition) is 3. The van der Waals surface area contributed by atoms with Crippen LogP contribution in [0.25, 0.3) is 11.0 Å². The number of para-hydroxylation sites is 1. The summed E-state index contributed by atoms with van der Waals surface area (Å²) in [5, 5.41) is 3.35. The van der Waals surface area contributed by atoms with Gasteiger partial charge in [-0.25, -0.2) is 9.18 Å². The molecule has 1 N–H and O–H groups in total. The monoisotopic (exact) mass is 416 g/mol. The summed E-state index contributed by atoms with van der Waals surface area (Å²) in [6, 6.07) is 22.1. The number of benzene rings is 3. The lowest BCUT2D eigenvalue weighted by atomic mass is 10.1. The van der Waals surface area contributed by atoms with Gasteiger partial charge in [0.1, 0.15) is 11.4 Å². The first-order chi connectivity index (χ1) is 15.1. The second-order valence-corrected chi connectivity index (χ2v) is 7.21. The Morgan fingerprint density at radius 1 is 0.871 bits per heavy atom. The average Bonchev–Trinajstić information content (AvgIpc) is 2.81. The normalized spacial score (nSPS) is 10.7. The van der Waals surface area contributed by atoms with Crippen LogP contribution in [0.1, 0.15) is 16.7 Å². The fourth-order valence-electron chi connectivity index (χ4n) is 3.33. The molecule has 156 valence electrons. The zero-order chi connectivity index (χ0) is 21.6. The van der Waals surface area contributed by atoms with E-state index in [1.54, 1.807) is 36.4 Å². The molecule has 6 heteroatoms. The molecule has 1 heterocycles. The van der Waals surface area contributed by atoms with Gasteiger partial charge in [-0.1, -0.05) is 54.6 Å². The Kier molecular flexibility index (Phi) is 6.08. The summed E-state index contributed by atoms with van der Waals surface area (Å²) in [7, 11) is 0. The van der Waals surface area contributed by atoms with Gasteiger partial charge < -0.3 is 14.6 Å². The highest BCUT2D eigenvalue weighted by atomic mass is 19.1. The van der Waals surface area contributed by atoms with E-state index in [0.717, 1.165) is 11.1 Å². The van der Waals surface area contributed by atoms with Crippen LogP contribution in [-0.4, -0.2) is 10.9 Å². The Morgan fingerprint density at radius 3 is 2.35 bits per heavy atom. The molecule has 0 aliphatic carbocycles. The molecule has 4 rings (SSSR count). The number of fused-ring (bicyclic) bond motifs is 1. The highest BCUT2D eigenvalue weighted by Crippen LogP contribution is 2.14. The minimum absolute atomic E-state index is 0.0607. The number of carbonyl (C=O) groups excluding carboxylic acids is 1. The number of rotatable bonds is 6. The Labute approximate surface area is 178 Å². The number of nitrogens with zero attached hydrogens (tertiary/aromatic N) is 1. The second-order valence-electron chi connectivity index (χ2n) is 7.21. The Hall–Kier alpha value is -3.93. The summed E-state index contributed by atoms with van der Waals surface area (Å²) in [6.07, 6.45) is 1.40. The predicted molar refractivity (Wildman–Crippen MR) is 117 cm³/mol. The molecule has 0 aliphatic heterocycles. The smallest absolute Gasteiger partial charge is 0.318 e. The van der Waals surface area contributed by atoms with Crippen molar-refractivity contribution in [1.82, 2.24) is 10.2 Å². The van der Waals surface area contributed by atoms with Crippen LogP contribution in [0.15, 0.2) is 94.3 Å². The second kappa shape index (κ2) is 9.26. The van der Waals surface area contributed by atoms with Crippen molar-refractivity contribution >= 4 is 17.0 Å². The third-order valence-corrected chi connectivity index (χ3v) is 4.97. The molecule has 2 amide bonds. The van der Waals surface area contributed by atoms with E-state index in [1.165, 1.54) is 23.3 Å². The largest absolute Gasteiger partial charge is 0.464 e. The van der Waals surface area contributed by atoms with Crippen LogP contribution < -0.4 is 10.7 Å². The van der Waals surface area contributed by atoms with E-state index < -0.39 is 0 Å². The van der Waals surface area contributed by atoms with Crippen LogP contribution in [0.3, 0.4) is 0 Å². The van der Waals surface area contributed by atoms with E-state index in [2.05, 4.69) is 5.32 Å². The van der Waals surface area contributed by atoms with Gasteiger partial charge in [-0.3, -0.25) is 4.79 Å². The van der Waals surface area contributed by atoms with Crippen molar-refractivity contribution in [3.8, 4) is 0 Å². The lowest BCUT2D eigenvalue weighted by Gasteiger charge is -2.23. The van der Waals surface area contributed by atoms with Gasteiger partial charge in [0.25, 0.3) is 0 Å². The fraction of sp³-hybridized carbons (Fsp3) is 0.120. The topological polar surface area (TPSA) is 62.6 Å². The summed E-state index contributed by atoms with van der Waals surface area (Å²) in [4.78, 5) is 27.4. The Morgan fingerprint density at radius 2 is 1.58 bits per heavy atom. The lowest BCUT2D eigenvalue weighted by molar-refractivity contribution is 0.191. The van der Waals surface area contributed by atoms with E-state index in [1.807, 2.05) is 30.3 Å². The van der Waals surface area contributed by atoms with Crippen LogP contribution in [-0.2, 0) is 19.6 Å². The van der Waals surface area contributed by atoms with Gasteiger partial charge in [-0.15, -0.1) is 0 Å². The van der Waals surface area contributed by atoms with Crippen LogP contribution in [0.5, 0.6) is 0 Å². The third kappa shape index (κ3) is 4.98. The van der Waals surface area contributed by atoms with E-state index >= 15 is 0 Å². The van der Waals surface area contributed by atoms with Crippen molar-refractivity contribution in [3.05, 3.63) is 118 Å². The lowest BCUT2D eigenvalue weighted by Crippen LogP contribution is -2.39. The summed E-state index contributed by atoms with van der Waals surface area (Å²) in [6.45, 7) is 0.629. The van der Waals surface area contributed by atoms with E-state index in [9.17, 15) is 14.0 Å². The molecule has 5 nitrogen and oxygen atoms in total. The first-order valence-electron chi connectivity index (χ1n) is 9.91. The summed E-state index contributed by atoms with van der Waals surface area (Å²) in [5.74, 6) is -0.348. The number of urea groups is 1. The fourth-order valence-corrected chi connectivity index (χ4v) is 3.33. The molecular formula is C25H21FN2O3. The average molecular weight is 416 g/mol. The standard InChI is InChI=1S/C25H21FN2O3/c26-21-12-10-19(11-13-21)15-28(25(30)27-14-18-6-2-1-3-7-18)16-20-17-31-23-9-5-4-8-22(23)24(20)29/h1-13,17H,14-16H2,(H,27,30). The van der Waals surface area contributed by atoms with Gasteiger partial charge >= 0.3 is 6.03 Å². The molecule has 0 saturated carbocycles. The van der Waals surface area contributed by atoms with Gasteiger partial charge in [0.15, 0.2) is 5.43 Å². The molecular weight excluding hydrogens is 395 g/mol. The summed E-state index contributed by atoms with van der Waals surface area (Å²) in [5.41, 5.74) is 2.40. The zero-order valence-corrected chi connectivity index (χ0v) is 16.8. The minimum atomic E-state index is -0.348. The number of halogens is 1. The molecule has 0 atom stereocenters. The molecule has 4 aromatic rings. The molecule has 0 aliphatic rings. The van der Waals surface area contributed by atoms with Crippen LogP contribution in [0.4, 0.5) is 9.18 Å².